The van der Waals surface area contributed by atoms with Gasteiger partial charge in [0.05, 0.1) is 6.10 Å². The third-order valence-electron chi connectivity index (χ3n) is 3.14. The van der Waals surface area contributed by atoms with Crippen LogP contribution in [0.3, 0.4) is 0 Å². The standard InChI is InChI=1S/C14H19NO3/c1-2-13(18-12-6-4-3-5-7-12)14(17)15-9-8-11(16)10-15/h3-7,11,13,16H,2,8-10H2,1H3/t11-,13?/m0/s1. The normalized spacial score (nSPS) is 20.8. The lowest BCUT2D eigenvalue weighted by molar-refractivity contribution is -0.138. The number of hydrogen-bond acceptors (Lipinski definition) is 3. The van der Waals surface area contributed by atoms with E-state index in [1.165, 1.54) is 0 Å². The van der Waals surface area contributed by atoms with Gasteiger partial charge in [-0.1, -0.05) is 25.1 Å². The third kappa shape index (κ3) is 3.01. The first-order chi connectivity index (χ1) is 8.70. The quantitative estimate of drug-likeness (QED) is 0.878. The van der Waals surface area contributed by atoms with Gasteiger partial charge in [-0.2, -0.15) is 0 Å². The number of amides is 1. The van der Waals surface area contributed by atoms with Crippen LogP contribution in [0.15, 0.2) is 30.3 Å². The zero-order chi connectivity index (χ0) is 13.0. The minimum Gasteiger partial charge on any atom is -0.481 e. The van der Waals surface area contributed by atoms with Crippen LogP contribution in [-0.2, 0) is 4.79 Å². The highest BCUT2D eigenvalue weighted by Crippen LogP contribution is 2.16. The predicted octanol–water partition coefficient (Wildman–Crippen LogP) is 1.44. The van der Waals surface area contributed by atoms with Gasteiger partial charge in [-0.05, 0) is 25.0 Å². The van der Waals surface area contributed by atoms with Crippen molar-refractivity contribution in [1.29, 1.82) is 0 Å². The average Bonchev–Trinajstić information content (AvgIpc) is 2.83. The Bertz CT molecular complexity index is 393. The van der Waals surface area contributed by atoms with E-state index in [1.807, 2.05) is 37.3 Å². The molecule has 2 rings (SSSR count). The molecule has 4 nitrogen and oxygen atoms in total. The summed E-state index contributed by atoms with van der Waals surface area (Å²) in [5, 5.41) is 9.46. The van der Waals surface area contributed by atoms with Crippen LogP contribution in [0.1, 0.15) is 19.8 Å². The van der Waals surface area contributed by atoms with Gasteiger partial charge in [0, 0.05) is 13.1 Å². The Kier molecular flexibility index (Phi) is 4.20. The number of β-amino-alcohol motifs (C(OH)–C–C–N with tert-alkyl or cyclic N) is 1. The van der Waals surface area contributed by atoms with Crippen molar-refractivity contribution in [1.82, 2.24) is 4.90 Å². The fourth-order valence-electron chi connectivity index (χ4n) is 2.12. The summed E-state index contributed by atoms with van der Waals surface area (Å²) in [5.41, 5.74) is 0. The van der Waals surface area contributed by atoms with Gasteiger partial charge in [0.1, 0.15) is 5.75 Å². The first kappa shape index (κ1) is 12.9. The predicted molar refractivity (Wildman–Crippen MR) is 68.4 cm³/mol. The molecule has 0 radical (unpaired) electrons. The molecule has 1 unspecified atom stereocenters. The van der Waals surface area contributed by atoms with E-state index < -0.39 is 6.10 Å². The van der Waals surface area contributed by atoms with Crippen molar-refractivity contribution in [2.24, 2.45) is 0 Å². The molecule has 18 heavy (non-hydrogen) atoms. The number of nitrogens with zero attached hydrogens (tertiary/aromatic N) is 1. The molecular formula is C14H19NO3. The lowest BCUT2D eigenvalue weighted by Crippen LogP contribution is -2.40. The summed E-state index contributed by atoms with van der Waals surface area (Å²) < 4.78 is 5.70. The van der Waals surface area contributed by atoms with Crippen molar-refractivity contribution in [3.63, 3.8) is 0 Å². The fourth-order valence-corrected chi connectivity index (χ4v) is 2.12. The molecule has 0 bridgehead atoms. The fraction of sp³-hybridized carbons (Fsp3) is 0.500. The molecule has 0 aliphatic carbocycles. The van der Waals surface area contributed by atoms with E-state index in [-0.39, 0.29) is 12.0 Å². The molecule has 2 atom stereocenters. The number of ether oxygens (including phenoxy) is 1. The second kappa shape index (κ2) is 5.87. The van der Waals surface area contributed by atoms with Crippen LogP contribution in [0.25, 0.3) is 0 Å². The van der Waals surface area contributed by atoms with Crippen LogP contribution >= 0.6 is 0 Å². The smallest absolute Gasteiger partial charge is 0.263 e. The number of para-hydroxylation sites is 1. The molecular weight excluding hydrogens is 230 g/mol. The Morgan fingerprint density at radius 1 is 1.50 bits per heavy atom. The van der Waals surface area contributed by atoms with E-state index in [2.05, 4.69) is 0 Å². The average molecular weight is 249 g/mol. The molecule has 1 fully saturated rings. The Morgan fingerprint density at radius 2 is 2.22 bits per heavy atom. The van der Waals surface area contributed by atoms with E-state index in [1.54, 1.807) is 4.90 Å². The number of likely N-dealkylation sites (tertiary alicyclic amines) is 1. The molecule has 1 heterocycles. The van der Waals surface area contributed by atoms with Gasteiger partial charge in [-0.3, -0.25) is 4.79 Å². The van der Waals surface area contributed by atoms with Gasteiger partial charge in [-0.25, -0.2) is 0 Å². The van der Waals surface area contributed by atoms with Gasteiger partial charge in [0.2, 0.25) is 0 Å². The molecule has 1 N–H and O–H groups in total. The minimum atomic E-state index is -0.460. The molecule has 1 aliphatic rings. The van der Waals surface area contributed by atoms with Crippen LogP contribution < -0.4 is 4.74 Å². The number of aliphatic hydroxyl groups excluding tert-OH is 1. The number of aliphatic hydroxyl groups is 1. The molecule has 1 aromatic rings. The Labute approximate surface area is 107 Å². The van der Waals surface area contributed by atoms with E-state index in [0.717, 1.165) is 0 Å². The van der Waals surface area contributed by atoms with E-state index >= 15 is 0 Å². The SMILES string of the molecule is CCC(Oc1ccccc1)C(=O)N1CC[C@H](O)C1. The second-order valence-corrected chi connectivity index (χ2v) is 4.55. The zero-order valence-electron chi connectivity index (χ0n) is 10.6. The topological polar surface area (TPSA) is 49.8 Å². The number of hydrogen-bond donors (Lipinski definition) is 1. The summed E-state index contributed by atoms with van der Waals surface area (Å²) in [6.45, 7) is 2.97. The Hall–Kier alpha value is -1.55. The van der Waals surface area contributed by atoms with Gasteiger partial charge in [0.15, 0.2) is 6.10 Å². The van der Waals surface area contributed by atoms with Crippen LogP contribution in [0.4, 0.5) is 0 Å². The maximum absolute atomic E-state index is 12.2. The summed E-state index contributed by atoms with van der Waals surface area (Å²) in [6.07, 6.45) is 0.439. The largest absolute Gasteiger partial charge is 0.481 e. The number of carbonyl (C=O) groups excluding carboxylic acids is 1. The minimum absolute atomic E-state index is 0.0297. The van der Waals surface area contributed by atoms with Gasteiger partial charge < -0.3 is 14.7 Å². The summed E-state index contributed by atoms with van der Waals surface area (Å²) >= 11 is 0. The molecule has 0 spiro atoms. The van der Waals surface area contributed by atoms with Crippen molar-refractivity contribution < 1.29 is 14.6 Å². The first-order valence-electron chi connectivity index (χ1n) is 6.39. The third-order valence-corrected chi connectivity index (χ3v) is 3.14. The van der Waals surface area contributed by atoms with Gasteiger partial charge >= 0.3 is 0 Å². The number of benzene rings is 1. The number of carbonyl (C=O) groups is 1. The highest BCUT2D eigenvalue weighted by molar-refractivity contribution is 5.81. The molecule has 98 valence electrons. The van der Waals surface area contributed by atoms with Crippen molar-refractivity contribution in [2.45, 2.75) is 32.0 Å². The second-order valence-electron chi connectivity index (χ2n) is 4.55. The zero-order valence-corrected chi connectivity index (χ0v) is 10.6. The molecule has 1 amide bonds. The first-order valence-corrected chi connectivity index (χ1v) is 6.39. The Balaban J connectivity index is 1.98. The van der Waals surface area contributed by atoms with E-state index in [4.69, 9.17) is 4.74 Å². The summed E-state index contributed by atoms with van der Waals surface area (Å²) in [7, 11) is 0. The lowest BCUT2D eigenvalue weighted by atomic mass is 10.2. The molecule has 1 saturated heterocycles. The molecule has 0 saturated carbocycles. The van der Waals surface area contributed by atoms with Crippen molar-refractivity contribution in [3.05, 3.63) is 30.3 Å². The van der Waals surface area contributed by atoms with Crippen molar-refractivity contribution in [2.75, 3.05) is 13.1 Å². The molecule has 1 aliphatic heterocycles. The van der Waals surface area contributed by atoms with Crippen molar-refractivity contribution in [3.8, 4) is 5.75 Å². The molecule has 1 aromatic carbocycles. The van der Waals surface area contributed by atoms with Gasteiger partial charge in [0.25, 0.3) is 5.91 Å². The lowest BCUT2D eigenvalue weighted by Gasteiger charge is -2.23. The van der Waals surface area contributed by atoms with Crippen LogP contribution in [-0.4, -0.2) is 41.2 Å². The highest BCUT2D eigenvalue weighted by atomic mass is 16.5. The number of rotatable bonds is 4. The van der Waals surface area contributed by atoms with Crippen molar-refractivity contribution >= 4 is 5.91 Å². The summed E-state index contributed by atoms with van der Waals surface area (Å²) in [5.74, 6) is 0.676. The summed E-state index contributed by atoms with van der Waals surface area (Å²) in [4.78, 5) is 13.9. The van der Waals surface area contributed by atoms with Gasteiger partial charge in [-0.15, -0.1) is 0 Å². The van der Waals surface area contributed by atoms with Crippen LogP contribution in [0.5, 0.6) is 5.75 Å². The van der Waals surface area contributed by atoms with E-state index in [0.29, 0.717) is 31.7 Å². The van der Waals surface area contributed by atoms with Crippen LogP contribution in [0.2, 0.25) is 0 Å². The van der Waals surface area contributed by atoms with Crippen LogP contribution in [0, 0.1) is 0 Å². The van der Waals surface area contributed by atoms with E-state index in [9.17, 15) is 9.90 Å². The monoisotopic (exact) mass is 249 g/mol. The highest BCUT2D eigenvalue weighted by Gasteiger charge is 2.30. The maximum atomic E-state index is 12.2. The maximum Gasteiger partial charge on any atom is 0.263 e. The molecule has 4 heteroatoms. The molecule has 0 aromatic heterocycles. The summed E-state index contributed by atoms with van der Waals surface area (Å²) in [6, 6.07) is 9.36. The Morgan fingerprint density at radius 3 is 2.78 bits per heavy atom.